The zero-order valence-electron chi connectivity index (χ0n) is 9.94. The van der Waals surface area contributed by atoms with E-state index in [9.17, 15) is 13.2 Å². The number of alkyl halides is 3. The first kappa shape index (κ1) is 14.0. The van der Waals surface area contributed by atoms with Crippen molar-refractivity contribution in [3.05, 3.63) is 40.5 Å². The van der Waals surface area contributed by atoms with Crippen LogP contribution in [0.2, 0.25) is 10.3 Å². The molecule has 3 aromatic rings. The van der Waals surface area contributed by atoms with E-state index in [1.165, 1.54) is 6.33 Å². The average molecular weight is 334 g/mol. The van der Waals surface area contributed by atoms with E-state index in [4.69, 9.17) is 23.2 Å². The van der Waals surface area contributed by atoms with Gasteiger partial charge in [-0.1, -0.05) is 23.2 Å². The van der Waals surface area contributed by atoms with Crippen LogP contribution in [0.15, 0.2) is 24.7 Å². The van der Waals surface area contributed by atoms with Crippen molar-refractivity contribution in [1.82, 2.24) is 24.6 Å². The second-order valence-electron chi connectivity index (χ2n) is 3.97. The highest BCUT2D eigenvalue weighted by Gasteiger charge is 2.31. The number of halogens is 5. The molecule has 5 nitrogen and oxygen atoms in total. The quantitative estimate of drug-likeness (QED) is 0.639. The summed E-state index contributed by atoms with van der Waals surface area (Å²) in [5, 5.41) is 3.70. The first-order chi connectivity index (χ1) is 9.88. The molecule has 10 heteroatoms. The van der Waals surface area contributed by atoms with Gasteiger partial charge >= 0.3 is 6.18 Å². The predicted octanol–water partition coefficient (Wildman–Crippen LogP) is 3.51. The molecule has 0 fully saturated rings. The number of aromatic nitrogens is 5. The van der Waals surface area contributed by atoms with Crippen LogP contribution < -0.4 is 0 Å². The number of pyridine rings is 1. The van der Waals surface area contributed by atoms with Crippen LogP contribution in [0, 0.1) is 0 Å². The molecule has 0 saturated carbocycles. The monoisotopic (exact) mass is 333 g/mol. The molecule has 3 heterocycles. The molecule has 0 aromatic carbocycles. The lowest BCUT2D eigenvalue weighted by Crippen LogP contribution is -2.06. The van der Waals surface area contributed by atoms with Crippen LogP contribution in [0.3, 0.4) is 0 Å². The zero-order valence-corrected chi connectivity index (χ0v) is 11.4. The minimum absolute atomic E-state index is 0.0191. The minimum atomic E-state index is -4.50. The van der Waals surface area contributed by atoms with E-state index in [-0.39, 0.29) is 27.3 Å². The van der Waals surface area contributed by atoms with E-state index in [0.717, 1.165) is 22.8 Å². The SMILES string of the molecule is FC(F)(F)c1ccnc(-c2c(Cl)nc3ncnn3c2Cl)c1. The Hall–Kier alpha value is -1.93. The molecule has 0 saturated heterocycles. The van der Waals surface area contributed by atoms with Crippen LogP contribution in [0.5, 0.6) is 0 Å². The Balaban J connectivity index is 2.25. The molecule has 0 amide bonds. The van der Waals surface area contributed by atoms with Crippen molar-refractivity contribution in [2.24, 2.45) is 0 Å². The second kappa shape index (κ2) is 4.81. The van der Waals surface area contributed by atoms with Gasteiger partial charge in [0.05, 0.1) is 16.8 Å². The van der Waals surface area contributed by atoms with Crippen LogP contribution in [0.25, 0.3) is 17.0 Å². The maximum absolute atomic E-state index is 12.8. The van der Waals surface area contributed by atoms with Gasteiger partial charge in [0, 0.05) is 6.20 Å². The third kappa shape index (κ3) is 2.40. The third-order valence-corrected chi connectivity index (χ3v) is 3.29. The van der Waals surface area contributed by atoms with Gasteiger partial charge < -0.3 is 0 Å². The lowest BCUT2D eigenvalue weighted by Gasteiger charge is -2.10. The number of hydrogen-bond donors (Lipinski definition) is 0. The molecule has 0 atom stereocenters. The first-order valence-corrected chi connectivity index (χ1v) is 6.22. The van der Waals surface area contributed by atoms with E-state index >= 15 is 0 Å². The normalized spacial score (nSPS) is 12.0. The van der Waals surface area contributed by atoms with Crippen LogP contribution >= 0.6 is 23.2 Å². The summed E-state index contributed by atoms with van der Waals surface area (Å²) in [5.74, 6) is 0.140. The van der Waals surface area contributed by atoms with Gasteiger partial charge in [-0.2, -0.15) is 32.8 Å². The highest BCUT2D eigenvalue weighted by atomic mass is 35.5. The topological polar surface area (TPSA) is 56.0 Å². The van der Waals surface area contributed by atoms with Gasteiger partial charge in [0.25, 0.3) is 5.78 Å². The summed E-state index contributed by atoms with van der Waals surface area (Å²) in [5.41, 5.74) is -0.856. The van der Waals surface area contributed by atoms with E-state index in [0.29, 0.717) is 0 Å². The lowest BCUT2D eigenvalue weighted by atomic mass is 10.1. The van der Waals surface area contributed by atoms with E-state index in [2.05, 4.69) is 20.1 Å². The molecule has 21 heavy (non-hydrogen) atoms. The molecule has 3 aromatic heterocycles. The highest BCUT2D eigenvalue weighted by Crippen LogP contribution is 2.35. The van der Waals surface area contributed by atoms with Crippen LogP contribution in [-0.4, -0.2) is 24.6 Å². The van der Waals surface area contributed by atoms with Crippen molar-refractivity contribution in [2.75, 3.05) is 0 Å². The molecule has 0 aliphatic carbocycles. The summed E-state index contributed by atoms with van der Waals surface area (Å²) >= 11 is 12.1. The maximum Gasteiger partial charge on any atom is 0.416 e. The van der Waals surface area contributed by atoms with Crippen LogP contribution in [0.1, 0.15) is 5.56 Å². The standard InChI is InChI=1S/C11H4Cl2F3N5/c12-8-7(9(13)21-10(20-8)18-4-19-21)6-3-5(1-2-17-6)11(14,15)16/h1-4H. The fraction of sp³-hybridized carbons (Fsp3) is 0.0909. The molecule has 108 valence electrons. The van der Waals surface area contributed by atoms with Crippen LogP contribution in [0.4, 0.5) is 13.2 Å². The van der Waals surface area contributed by atoms with Crippen molar-refractivity contribution < 1.29 is 13.2 Å². The Morgan fingerprint density at radius 3 is 2.62 bits per heavy atom. The molecule has 0 radical (unpaired) electrons. The van der Waals surface area contributed by atoms with Crippen molar-refractivity contribution >= 4 is 29.0 Å². The van der Waals surface area contributed by atoms with Gasteiger partial charge in [0.2, 0.25) is 0 Å². The van der Waals surface area contributed by atoms with Crippen molar-refractivity contribution in [3.63, 3.8) is 0 Å². The fourth-order valence-corrected chi connectivity index (χ4v) is 2.36. The van der Waals surface area contributed by atoms with E-state index in [1.807, 2.05) is 0 Å². The molecule has 0 unspecified atom stereocenters. The molecular weight excluding hydrogens is 330 g/mol. The Bertz CT molecular complexity index is 830. The fourth-order valence-electron chi connectivity index (χ4n) is 1.74. The Kier molecular flexibility index (Phi) is 3.22. The molecule has 0 N–H and O–H groups in total. The summed E-state index contributed by atoms with van der Waals surface area (Å²) in [7, 11) is 0. The molecule has 0 aliphatic heterocycles. The Labute approximate surface area is 125 Å². The summed E-state index contributed by atoms with van der Waals surface area (Å²) in [4.78, 5) is 11.6. The van der Waals surface area contributed by atoms with Crippen molar-refractivity contribution in [2.45, 2.75) is 6.18 Å². The van der Waals surface area contributed by atoms with E-state index < -0.39 is 11.7 Å². The van der Waals surface area contributed by atoms with Crippen LogP contribution in [-0.2, 0) is 6.18 Å². The lowest BCUT2D eigenvalue weighted by molar-refractivity contribution is -0.137. The summed E-state index contributed by atoms with van der Waals surface area (Å²) < 4.78 is 39.4. The van der Waals surface area contributed by atoms with Gasteiger partial charge in [-0.3, -0.25) is 4.98 Å². The third-order valence-electron chi connectivity index (χ3n) is 2.67. The number of fused-ring (bicyclic) bond motifs is 1. The van der Waals surface area contributed by atoms with Gasteiger partial charge in [-0.15, -0.1) is 0 Å². The zero-order chi connectivity index (χ0) is 15.2. The van der Waals surface area contributed by atoms with Gasteiger partial charge in [-0.05, 0) is 12.1 Å². The smallest absolute Gasteiger partial charge is 0.256 e. The summed E-state index contributed by atoms with van der Waals surface area (Å²) in [6, 6.07) is 1.70. The van der Waals surface area contributed by atoms with Gasteiger partial charge in [0.15, 0.2) is 0 Å². The summed E-state index contributed by atoms with van der Waals surface area (Å²) in [6.07, 6.45) is -2.27. The van der Waals surface area contributed by atoms with Crippen molar-refractivity contribution in [3.8, 4) is 11.3 Å². The minimum Gasteiger partial charge on any atom is -0.256 e. The number of rotatable bonds is 1. The number of nitrogens with zero attached hydrogens (tertiary/aromatic N) is 5. The highest BCUT2D eigenvalue weighted by molar-refractivity contribution is 6.37. The maximum atomic E-state index is 12.8. The van der Waals surface area contributed by atoms with Gasteiger partial charge in [-0.25, -0.2) is 0 Å². The Morgan fingerprint density at radius 2 is 1.90 bits per heavy atom. The molecular formula is C11H4Cl2F3N5. The molecule has 0 spiro atoms. The van der Waals surface area contributed by atoms with Crippen molar-refractivity contribution in [1.29, 1.82) is 0 Å². The molecule has 0 bridgehead atoms. The predicted molar refractivity (Wildman–Crippen MR) is 69.0 cm³/mol. The molecule has 3 rings (SSSR count). The molecule has 0 aliphatic rings. The average Bonchev–Trinajstić information content (AvgIpc) is 2.86. The van der Waals surface area contributed by atoms with Gasteiger partial charge in [0.1, 0.15) is 16.6 Å². The number of hydrogen-bond acceptors (Lipinski definition) is 4. The second-order valence-corrected chi connectivity index (χ2v) is 4.68. The summed E-state index contributed by atoms with van der Waals surface area (Å²) in [6.45, 7) is 0. The first-order valence-electron chi connectivity index (χ1n) is 5.46. The Morgan fingerprint density at radius 1 is 1.14 bits per heavy atom. The van der Waals surface area contributed by atoms with E-state index in [1.54, 1.807) is 0 Å². The largest absolute Gasteiger partial charge is 0.416 e.